The maximum atomic E-state index is 12.7. The molecule has 0 aliphatic carbocycles. The highest BCUT2D eigenvalue weighted by Gasteiger charge is 2.19. The van der Waals surface area contributed by atoms with E-state index < -0.39 is 0 Å². The van der Waals surface area contributed by atoms with Gasteiger partial charge in [-0.2, -0.15) is 10.2 Å². The predicted molar refractivity (Wildman–Crippen MR) is 140 cm³/mol. The molecule has 1 N–H and O–H groups in total. The van der Waals surface area contributed by atoms with Gasteiger partial charge in [0, 0.05) is 36.3 Å². The molecule has 5 rings (SSSR count). The fraction of sp³-hybridized carbons (Fsp3) is 0.192. The second kappa shape index (κ2) is 10.2. The first kappa shape index (κ1) is 23.6. The van der Waals surface area contributed by atoms with E-state index in [1.165, 1.54) is 22.1 Å². The number of pyridine rings is 1. The minimum Gasteiger partial charge on any atom is -0.349 e. The van der Waals surface area contributed by atoms with Crippen LogP contribution in [0.15, 0.2) is 77.0 Å². The first-order valence-electron chi connectivity index (χ1n) is 11.5. The van der Waals surface area contributed by atoms with Gasteiger partial charge in [0.25, 0.3) is 11.5 Å². The van der Waals surface area contributed by atoms with Crippen LogP contribution in [0, 0.1) is 0 Å². The van der Waals surface area contributed by atoms with Crippen LogP contribution >= 0.6 is 11.3 Å². The molecule has 0 aliphatic heterocycles. The molecule has 0 radical (unpaired) electrons. The maximum absolute atomic E-state index is 12.7. The zero-order chi connectivity index (χ0) is 25.1. The zero-order valence-electron chi connectivity index (χ0n) is 20.0. The predicted octanol–water partition coefficient (Wildman–Crippen LogP) is 3.02. The molecule has 1 amide bonds. The molecule has 1 aromatic carbocycles. The molecule has 4 aromatic heterocycles. The topological polar surface area (TPSA) is 97.4 Å². The third-order valence-electron chi connectivity index (χ3n) is 5.62. The van der Waals surface area contributed by atoms with Crippen molar-refractivity contribution in [2.75, 3.05) is 27.2 Å². The van der Waals surface area contributed by atoms with Crippen molar-refractivity contribution < 1.29 is 4.79 Å². The minimum absolute atomic E-state index is 0.169. The smallest absolute Gasteiger partial charge is 0.270 e. The van der Waals surface area contributed by atoms with Crippen LogP contribution in [0.5, 0.6) is 0 Å². The number of hydrogen-bond donors (Lipinski definition) is 1. The van der Waals surface area contributed by atoms with Crippen LogP contribution in [0.2, 0.25) is 0 Å². The van der Waals surface area contributed by atoms with Crippen molar-refractivity contribution in [3.8, 4) is 22.5 Å². The first-order valence-corrected chi connectivity index (χ1v) is 12.4. The molecule has 0 unspecified atom stereocenters. The summed E-state index contributed by atoms with van der Waals surface area (Å²) >= 11 is 1.33. The van der Waals surface area contributed by atoms with Crippen LogP contribution < -0.4 is 10.9 Å². The molecular weight excluding hydrogens is 474 g/mol. The minimum atomic E-state index is -0.247. The Balaban J connectivity index is 1.46. The molecule has 0 aliphatic rings. The van der Waals surface area contributed by atoms with Crippen LogP contribution in [-0.2, 0) is 6.54 Å². The summed E-state index contributed by atoms with van der Waals surface area (Å²) in [6.45, 7) is 1.44. The van der Waals surface area contributed by atoms with E-state index in [1.54, 1.807) is 11.4 Å². The molecule has 9 nitrogen and oxygen atoms in total. The fourth-order valence-electron chi connectivity index (χ4n) is 3.84. The number of carbonyl (C=O) groups is 1. The van der Waals surface area contributed by atoms with Gasteiger partial charge in [0.15, 0.2) is 0 Å². The van der Waals surface area contributed by atoms with Gasteiger partial charge < -0.3 is 10.2 Å². The van der Waals surface area contributed by atoms with Gasteiger partial charge in [0.05, 0.1) is 23.3 Å². The van der Waals surface area contributed by atoms with Crippen molar-refractivity contribution in [1.29, 1.82) is 0 Å². The number of amides is 1. The normalized spacial score (nSPS) is 11.3. The monoisotopic (exact) mass is 499 g/mol. The first-order chi connectivity index (χ1) is 17.5. The fourth-order valence-corrected chi connectivity index (χ4v) is 4.60. The van der Waals surface area contributed by atoms with Gasteiger partial charge in [-0.15, -0.1) is 11.3 Å². The maximum Gasteiger partial charge on any atom is 0.270 e. The molecule has 10 heteroatoms. The van der Waals surface area contributed by atoms with E-state index in [-0.39, 0.29) is 18.0 Å². The van der Waals surface area contributed by atoms with E-state index in [2.05, 4.69) is 15.4 Å². The molecule has 5 aromatic rings. The quantitative estimate of drug-likeness (QED) is 0.353. The van der Waals surface area contributed by atoms with Crippen molar-refractivity contribution in [1.82, 2.24) is 34.6 Å². The van der Waals surface area contributed by atoms with Gasteiger partial charge in [0.1, 0.15) is 16.4 Å². The lowest BCUT2D eigenvalue weighted by molar-refractivity contribution is 0.0946. The molecule has 0 saturated heterocycles. The number of hydrogen-bond acceptors (Lipinski definition) is 7. The Morgan fingerprint density at radius 2 is 1.83 bits per heavy atom. The van der Waals surface area contributed by atoms with Gasteiger partial charge in [-0.1, -0.05) is 36.4 Å². The van der Waals surface area contributed by atoms with E-state index in [0.717, 1.165) is 28.9 Å². The summed E-state index contributed by atoms with van der Waals surface area (Å²) in [6, 6.07) is 19.0. The van der Waals surface area contributed by atoms with Crippen molar-refractivity contribution in [3.05, 3.63) is 93.3 Å². The highest BCUT2D eigenvalue weighted by atomic mass is 32.1. The average Bonchev–Trinajstić information content (AvgIpc) is 3.51. The molecule has 0 spiro atoms. The number of fused-ring (bicyclic) bond motifs is 1. The van der Waals surface area contributed by atoms with Crippen molar-refractivity contribution >= 4 is 22.8 Å². The van der Waals surface area contributed by atoms with E-state index in [9.17, 15) is 9.59 Å². The summed E-state index contributed by atoms with van der Waals surface area (Å²) in [7, 11) is 3.89. The molecule has 182 valence electrons. The molecule has 0 saturated carbocycles. The second-order valence-electron chi connectivity index (χ2n) is 8.52. The van der Waals surface area contributed by atoms with E-state index in [4.69, 9.17) is 5.10 Å². The second-order valence-corrected chi connectivity index (χ2v) is 9.46. The Kier molecular flexibility index (Phi) is 6.70. The Morgan fingerprint density at radius 1 is 1.03 bits per heavy atom. The van der Waals surface area contributed by atoms with Crippen molar-refractivity contribution in [2.24, 2.45) is 0 Å². The lowest BCUT2D eigenvalue weighted by atomic mass is 10.0. The lowest BCUT2D eigenvalue weighted by Crippen LogP contribution is -2.31. The Morgan fingerprint density at radius 3 is 2.64 bits per heavy atom. The van der Waals surface area contributed by atoms with E-state index >= 15 is 0 Å². The number of nitrogens with zero attached hydrogens (tertiary/aromatic N) is 6. The standard InChI is InChI=1S/C26H25N7O2S/c1-31(2)15-13-27-26(35)20-17-36-22(28-20)16-33-23(34)12-11-19(29-33)24-21-10-6-7-14-32(21)30-25(24)18-8-4-3-5-9-18/h3-12,14,17H,13,15-16H2,1-2H3,(H,27,35). The number of nitrogens with one attached hydrogen (secondary N) is 1. The van der Waals surface area contributed by atoms with Gasteiger partial charge in [-0.05, 0) is 32.3 Å². The number of likely N-dealkylation sites (N-methyl/N-ethyl adjacent to an activating group) is 1. The highest BCUT2D eigenvalue weighted by Crippen LogP contribution is 2.33. The average molecular weight is 500 g/mol. The largest absolute Gasteiger partial charge is 0.349 e. The van der Waals surface area contributed by atoms with Crippen molar-refractivity contribution in [3.63, 3.8) is 0 Å². The number of aromatic nitrogens is 5. The van der Waals surface area contributed by atoms with Crippen molar-refractivity contribution in [2.45, 2.75) is 6.54 Å². The molecule has 4 heterocycles. The Labute approximate surface area is 211 Å². The molecule has 0 bridgehead atoms. The third-order valence-corrected chi connectivity index (χ3v) is 6.46. The number of benzene rings is 1. The van der Waals surface area contributed by atoms with E-state index in [1.807, 2.05) is 78.2 Å². The van der Waals surface area contributed by atoms with Crippen LogP contribution in [-0.4, -0.2) is 62.4 Å². The summed E-state index contributed by atoms with van der Waals surface area (Å²) in [5.41, 5.74) is 4.20. The van der Waals surface area contributed by atoms with E-state index in [0.29, 0.717) is 22.9 Å². The summed E-state index contributed by atoms with van der Waals surface area (Å²) < 4.78 is 3.19. The Bertz CT molecular complexity index is 1570. The van der Waals surface area contributed by atoms with Crippen LogP contribution in [0.25, 0.3) is 28.0 Å². The number of rotatable bonds is 8. The summed E-state index contributed by atoms with van der Waals surface area (Å²) in [6.07, 6.45) is 1.89. The lowest BCUT2D eigenvalue weighted by Gasteiger charge is -2.09. The molecule has 0 fully saturated rings. The molecule has 0 atom stereocenters. The summed E-state index contributed by atoms with van der Waals surface area (Å²) in [5, 5.41) is 14.7. The SMILES string of the molecule is CN(C)CCNC(=O)c1csc(Cn2nc(-c3c(-c4ccccc4)nn4ccccc34)ccc2=O)n1. The van der Waals surface area contributed by atoms with Crippen LogP contribution in [0.3, 0.4) is 0 Å². The number of thiazole rings is 1. The van der Waals surface area contributed by atoms with Gasteiger partial charge in [-0.25, -0.2) is 14.2 Å². The third kappa shape index (κ3) is 4.95. The molecule has 36 heavy (non-hydrogen) atoms. The van der Waals surface area contributed by atoms with Gasteiger partial charge in [-0.3, -0.25) is 9.59 Å². The zero-order valence-corrected chi connectivity index (χ0v) is 20.8. The van der Waals surface area contributed by atoms with Gasteiger partial charge in [0.2, 0.25) is 0 Å². The van der Waals surface area contributed by atoms with Crippen LogP contribution in [0.1, 0.15) is 15.5 Å². The number of carbonyl (C=O) groups excluding carboxylic acids is 1. The molecular formula is C26H25N7O2S. The Hall–Kier alpha value is -4.15. The summed E-state index contributed by atoms with van der Waals surface area (Å²) in [5.74, 6) is -0.229. The highest BCUT2D eigenvalue weighted by molar-refractivity contribution is 7.09. The van der Waals surface area contributed by atoms with Crippen LogP contribution in [0.4, 0.5) is 0 Å². The summed E-state index contributed by atoms with van der Waals surface area (Å²) in [4.78, 5) is 31.5. The van der Waals surface area contributed by atoms with Gasteiger partial charge >= 0.3 is 0 Å².